The van der Waals surface area contributed by atoms with Gasteiger partial charge in [-0.2, -0.15) is 0 Å². The maximum atomic E-state index is 11.5. The number of ketones is 1. The van der Waals surface area contributed by atoms with E-state index in [4.69, 9.17) is 0 Å². The molecule has 2 heteroatoms. The number of rotatable bonds is 1. The summed E-state index contributed by atoms with van der Waals surface area (Å²) in [5.74, 6) is 0.296. The predicted octanol–water partition coefficient (Wildman–Crippen LogP) is 3.85. The fraction of sp³-hybridized carbons (Fsp3) is 0.214. The summed E-state index contributed by atoms with van der Waals surface area (Å²) in [4.78, 5) is 12.9. The van der Waals surface area contributed by atoms with Gasteiger partial charge in [-0.05, 0) is 47.5 Å². The summed E-state index contributed by atoms with van der Waals surface area (Å²) in [5.41, 5.74) is 4.71. The van der Waals surface area contributed by atoms with Crippen molar-refractivity contribution in [3.05, 3.63) is 46.3 Å². The van der Waals surface area contributed by atoms with Crippen LogP contribution in [0.4, 0.5) is 0 Å². The van der Waals surface area contributed by atoms with E-state index in [1.54, 1.807) is 11.3 Å². The highest BCUT2D eigenvalue weighted by molar-refractivity contribution is 7.13. The second-order valence-corrected chi connectivity index (χ2v) is 5.14. The molecule has 1 aliphatic carbocycles. The van der Waals surface area contributed by atoms with Gasteiger partial charge < -0.3 is 0 Å². The summed E-state index contributed by atoms with van der Waals surface area (Å²) in [7, 11) is 0. The van der Waals surface area contributed by atoms with E-state index in [9.17, 15) is 4.79 Å². The van der Waals surface area contributed by atoms with Crippen molar-refractivity contribution in [3.63, 3.8) is 0 Å². The Hall–Kier alpha value is -1.41. The van der Waals surface area contributed by atoms with Crippen LogP contribution in [0.1, 0.15) is 27.9 Å². The minimum absolute atomic E-state index is 0.296. The van der Waals surface area contributed by atoms with Crippen LogP contribution in [0.5, 0.6) is 0 Å². The van der Waals surface area contributed by atoms with E-state index in [1.165, 1.54) is 21.6 Å². The third-order valence-electron chi connectivity index (χ3n) is 3.15. The van der Waals surface area contributed by atoms with E-state index in [0.717, 1.165) is 12.0 Å². The summed E-state index contributed by atoms with van der Waals surface area (Å²) < 4.78 is 0. The second-order valence-electron chi connectivity index (χ2n) is 4.23. The van der Waals surface area contributed by atoms with E-state index in [1.807, 2.05) is 6.07 Å². The van der Waals surface area contributed by atoms with Crippen LogP contribution in [-0.4, -0.2) is 5.78 Å². The summed E-state index contributed by atoms with van der Waals surface area (Å²) in [6, 6.07) is 8.37. The molecular weight excluding hydrogens is 216 g/mol. The van der Waals surface area contributed by atoms with Crippen LogP contribution >= 0.6 is 11.3 Å². The molecule has 0 saturated carbocycles. The van der Waals surface area contributed by atoms with Crippen LogP contribution in [0.3, 0.4) is 0 Å². The highest BCUT2D eigenvalue weighted by atomic mass is 32.1. The first kappa shape index (κ1) is 9.79. The zero-order valence-electron chi connectivity index (χ0n) is 9.12. The van der Waals surface area contributed by atoms with Gasteiger partial charge in [-0.3, -0.25) is 4.79 Å². The summed E-state index contributed by atoms with van der Waals surface area (Å²) in [6.45, 7) is 2.13. The van der Waals surface area contributed by atoms with Crippen molar-refractivity contribution < 1.29 is 4.79 Å². The molecule has 1 aromatic heterocycles. The molecule has 2 aromatic rings. The first-order valence-corrected chi connectivity index (χ1v) is 6.34. The van der Waals surface area contributed by atoms with Crippen LogP contribution in [0.25, 0.3) is 10.4 Å². The maximum absolute atomic E-state index is 11.5. The first-order chi connectivity index (χ1) is 7.75. The molecule has 0 saturated heterocycles. The molecule has 1 aliphatic rings. The van der Waals surface area contributed by atoms with Crippen molar-refractivity contribution in [2.45, 2.75) is 19.8 Å². The Labute approximate surface area is 98.7 Å². The Morgan fingerprint density at radius 3 is 2.81 bits per heavy atom. The van der Waals surface area contributed by atoms with Crippen molar-refractivity contribution in [2.24, 2.45) is 0 Å². The molecule has 3 rings (SSSR count). The topological polar surface area (TPSA) is 17.1 Å². The van der Waals surface area contributed by atoms with Crippen LogP contribution < -0.4 is 0 Å². The molecule has 0 fully saturated rings. The molecule has 0 aliphatic heterocycles. The first-order valence-electron chi connectivity index (χ1n) is 5.46. The van der Waals surface area contributed by atoms with Crippen LogP contribution in [0, 0.1) is 6.92 Å². The number of aryl methyl sites for hydroxylation is 2. The molecule has 1 nitrogen and oxygen atoms in total. The molecule has 0 unspecified atom stereocenters. The highest BCUT2D eigenvalue weighted by Gasteiger charge is 2.19. The third kappa shape index (κ3) is 1.41. The SMILES string of the molecule is Cc1ccsc1-c1ccc2c(c1)CCC2=O. The number of Topliss-reactive ketones (excluding diaryl/α,β-unsaturated/α-hetero) is 1. The number of hydrogen-bond acceptors (Lipinski definition) is 2. The van der Waals surface area contributed by atoms with Gasteiger partial charge in [0, 0.05) is 16.9 Å². The zero-order valence-corrected chi connectivity index (χ0v) is 9.93. The molecule has 0 amide bonds. The summed E-state index contributed by atoms with van der Waals surface area (Å²) in [6.07, 6.45) is 1.59. The fourth-order valence-corrected chi connectivity index (χ4v) is 3.19. The lowest BCUT2D eigenvalue weighted by molar-refractivity contribution is 0.0994. The normalized spacial score (nSPS) is 14.2. The van der Waals surface area contributed by atoms with Gasteiger partial charge >= 0.3 is 0 Å². The standard InChI is InChI=1S/C14H12OS/c1-9-6-7-16-14(9)11-2-4-12-10(8-11)3-5-13(12)15/h2,4,6-8H,3,5H2,1H3. The highest BCUT2D eigenvalue weighted by Crippen LogP contribution is 2.32. The number of fused-ring (bicyclic) bond motifs is 1. The minimum Gasteiger partial charge on any atom is -0.294 e. The Balaban J connectivity index is 2.12. The van der Waals surface area contributed by atoms with Gasteiger partial charge in [0.05, 0.1) is 0 Å². The van der Waals surface area contributed by atoms with Crippen LogP contribution in [0.2, 0.25) is 0 Å². The molecule has 1 heterocycles. The number of benzene rings is 1. The van der Waals surface area contributed by atoms with Crippen LogP contribution in [-0.2, 0) is 6.42 Å². The molecule has 0 atom stereocenters. The van der Waals surface area contributed by atoms with Gasteiger partial charge in [-0.25, -0.2) is 0 Å². The minimum atomic E-state index is 0.296. The lowest BCUT2D eigenvalue weighted by Crippen LogP contribution is -1.90. The summed E-state index contributed by atoms with van der Waals surface area (Å²) >= 11 is 1.76. The Kier molecular flexibility index (Phi) is 2.18. The third-order valence-corrected chi connectivity index (χ3v) is 4.22. The number of hydrogen-bond donors (Lipinski definition) is 0. The van der Waals surface area contributed by atoms with E-state index >= 15 is 0 Å². The van der Waals surface area contributed by atoms with Crippen molar-refractivity contribution in [2.75, 3.05) is 0 Å². The van der Waals surface area contributed by atoms with Crippen molar-refractivity contribution in [1.82, 2.24) is 0 Å². The van der Waals surface area contributed by atoms with Crippen molar-refractivity contribution in [3.8, 4) is 10.4 Å². The van der Waals surface area contributed by atoms with Gasteiger partial charge in [0.2, 0.25) is 0 Å². The van der Waals surface area contributed by atoms with Gasteiger partial charge in [0.15, 0.2) is 5.78 Å². The Morgan fingerprint density at radius 2 is 2.06 bits per heavy atom. The number of thiophene rings is 1. The van der Waals surface area contributed by atoms with Gasteiger partial charge in [0.25, 0.3) is 0 Å². The fourth-order valence-electron chi connectivity index (χ4n) is 2.27. The molecular formula is C14H12OS. The molecule has 0 N–H and O–H groups in total. The monoisotopic (exact) mass is 228 g/mol. The maximum Gasteiger partial charge on any atom is 0.163 e. The van der Waals surface area contributed by atoms with E-state index in [-0.39, 0.29) is 0 Å². The largest absolute Gasteiger partial charge is 0.294 e. The smallest absolute Gasteiger partial charge is 0.163 e. The number of carbonyl (C=O) groups excluding carboxylic acids is 1. The molecule has 0 bridgehead atoms. The van der Waals surface area contributed by atoms with Crippen LogP contribution in [0.15, 0.2) is 29.6 Å². The van der Waals surface area contributed by atoms with Crippen molar-refractivity contribution in [1.29, 1.82) is 0 Å². The molecule has 80 valence electrons. The molecule has 16 heavy (non-hydrogen) atoms. The van der Waals surface area contributed by atoms with Gasteiger partial charge in [-0.15, -0.1) is 11.3 Å². The molecule has 1 aromatic carbocycles. The predicted molar refractivity (Wildman–Crippen MR) is 67.1 cm³/mol. The molecule has 0 spiro atoms. The van der Waals surface area contributed by atoms with E-state index < -0.39 is 0 Å². The number of carbonyl (C=O) groups is 1. The van der Waals surface area contributed by atoms with Gasteiger partial charge in [-0.1, -0.05) is 12.1 Å². The summed E-state index contributed by atoms with van der Waals surface area (Å²) in [5, 5.41) is 2.11. The van der Waals surface area contributed by atoms with Crippen molar-refractivity contribution >= 4 is 17.1 Å². The van der Waals surface area contributed by atoms with E-state index in [0.29, 0.717) is 12.2 Å². The van der Waals surface area contributed by atoms with Gasteiger partial charge in [0.1, 0.15) is 0 Å². The Morgan fingerprint density at radius 1 is 1.19 bits per heavy atom. The zero-order chi connectivity index (χ0) is 11.1. The average Bonchev–Trinajstić information content (AvgIpc) is 2.86. The molecule has 0 radical (unpaired) electrons. The lowest BCUT2D eigenvalue weighted by Gasteiger charge is -2.03. The second kappa shape index (κ2) is 3.56. The quantitative estimate of drug-likeness (QED) is 0.724. The lowest BCUT2D eigenvalue weighted by atomic mass is 10.0. The van der Waals surface area contributed by atoms with E-state index in [2.05, 4.69) is 30.5 Å². The average molecular weight is 228 g/mol. The Bertz CT molecular complexity index is 566.